The van der Waals surface area contributed by atoms with Gasteiger partial charge < -0.3 is 28.4 Å². The fraction of sp³-hybridized carbons (Fsp3) is 0.316. The molecule has 5 aromatic rings. The molecule has 0 spiro atoms. The highest BCUT2D eigenvalue weighted by molar-refractivity contribution is 5.89. The smallest absolute Gasteiger partial charge is 0.125 e. The molecule has 0 amide bonds. The first-order chi connectivity index (χ1) is 21.7. The largest absolute Gasteiger partial charge is 0.490 e. The van der Waals surface area contributed by atoms with Gasteiger partial charge in [0.15, 0.2) is 0 Å². The van der Waals surface area contributed by atoms with Crippen molar-refractivity contribution in [3.63, 3.8) is 0 Å². The van der Waals surface area contributed by atoms with Crippen molar-refractivity contribution in [2.75, 3.05) is 39.6 Å². The Bertz CT molecular complexity index is 1820. The minimum atomic E-state index is 0.169. The SMILES string of the molecule is Cc1cc(Cc2c(OCC3CO3)ccc3ccccc23)cc(Cc2c(OCC3CO3)ccc3ccccc23)c1OCC1CO1. The molecule has 0 N–H and O–H groups in total. The van der Waals surface area contributed by atoms with Crippen LogP contribution in [0.25, 0.3) is 21.5 Å². The fourth-order valence-corrected chi connectivity index (χ4v) is 6.06. The minimum absolute atomic E-state index is 0.169. The van der Waals surface area contributed by atoms with E-state index in [1.165, 1.54) is 32.7 Å². The number of fused-ring (bicyclic) bond motifs is 2. The molecule has 3 aliphatic heterocycles. The first-order valence-corrected chi connectivity index (χ1v) is 15.5. The van der Waals surface area contributed by atoms with E-state index in [9.17, 15) is 0 Å². The normalized spacial score (nSPS) is 20.1. The second-order valence-corrected chi connectivity index (χ2v) is 12.1. The lowest BCUT2D eigenvalue weighted by Crippen LogP contribution is -2.10. The van der Waals surface area contributed by atoms with Crippen LogP contribution in [0.5, 0.6) is 17.2 Å². The maximum Gasteiger partial charge on any atom is 0.125 e. The van der Waals surface area contributed by atoms with Crippen molar-refractivity contribution in [1.29, 1.82) is 0 Å². The molecule has 3 saturated heterocycles. The summed E-state index contributed by atoms with van der Waals surface area (Å²) in [6.45, 7) is 6.11. The highest BCUT2D eigenvalue weighted by atomic mass is 16.6. The van der Waals surface area contributed by atoms with Gasteiger partial charge in [-0.3, -0.25) is 0 Å². The zero-order valence-corrected chi connectivity index (χ0v) is 24.9. The third kappa shape index (κ3) is 6.11. The molecule has 6 heteroatoms. The van der Waals surface area contributed by atoms with Gasteiger partial charge in [0.1, 0.15) is 55.4 Å². The number of epoxide rings is 3. The van der Waals surface area contributed by atoms with Crippen molar-refractivity contribution in [2.24, 2.45) is 0 Å². The number of aryl methyl sites for hydroxylation is 1. The first kappa shape index (κ1) is 27.4. The molecule has 44 heavy (non-hydrogen) atoms. The maximum absolute atomic E-state index is 6.47. The van der Waals surface area contributed by atoms with Crippen molar-refractivity contribution < 1.29 is 28.4 Å². The first-order valence-electron chi connectivity index (χ1n) is 15.5. The third-order valence-corrected chi connectivity index (χ3v) is 8.62. The Kier molecular flexibility index (Phi) is 7.34. The summed E-state index contributed by atoms with van der Waals surface area (Å²) in [5.41, 5.74) is 5.81. The van der Waals surface area contributed by atoms with E-state index in [4.69, 9.17) is 28.4 Å². The van der Waals surface area contributed by atoms with E-state index < -0.39 is 0 Å². The Labute approximate surface area is 257 Å². The maximum atomic E-state index is 6.47. The molecule has 3 aliphatic rings. The standard InChI is InChI=1S/C38H36O6/c1-24-14-25(16-34-32-8-4-2-6-26(32)10-12-36(34)42-21-29-18-39-29)15-28(38(24)44-23-31-20-41-31)17-35-33-9-5-3-7-27(33)11-13-37(35)43-22-30-19-40-30/h2-15,29-31H,16-23H2,1H3. The molecule has 0 bridgehead atoms. The zero-order valence-electron chi connectivity index (χ0n) is 24.9. The van der Waals surface area contributed by atoms with E-state index in [1.54, 1.807) is 0 Å². The Morgan fingerprint density at radius 1 is 0.591 bits per heavy atom. The summed E-state index contributed by atoms with van der Waals surface area (Å²) < 4.78 is 35.5. The summed E-state index contributed by atoms with van der Waals surface area (Å²) in [7, 11) is 0. The van der Waals surface area contributed by atoms with Gasteiger partial charge in [-0.25, -0.2) is 0 Å². The van der Waals surface area contributed by atoms with Gasteiger partial charge in [-0.1, -0.05) is 72.8 Å². The summed E-state index contributed by atoms with van der Waals surface area (Å²) in [6.07, 6.45) is 1.96. The van der Waals surface area contributed by atoms with E-state index >= 15 is 0 Å². The lowest BCUT2D eigenvalue weighted by Gasteiger charge is -2.20. The van der Waals surface area contributed by atoms with Gasteiger partial charge in [0.05, 0.1) is 19.8 Å². The van der Waals surface area contributed by atoms with E-state index in [-0.39, 0.29) is 18.3 Å². The number of benzene rings is 5. The molecule has 8 rings (SSSR count). The van der Waals surface area contributed by atoms with Crippen LogP contribution in [0.2, 0.25) is 0 Å². The molecule has 0 aromatic heterocycles. The quantitative estimate of drug-likeness (QED) is 0.141. The van der Waals surface area contributed by atoms with Crippen molar-refractivity contribution in [1.82, 2.24) is 0 Å². The molecule has 0 saturated carbocycles. The zero-order chi connectivity index (χ0) is 29.5. The molecule has 3 heterocycles. The second-order valence-electron chi connectivity index (χ2n) is 12.1. The highest BCUT2D eigenvalue weighted by Crippen LogP contribution is 2.37. The summed E-state index contributed by atoms with van der Waals surface area (Å²) in [5, 5.41) is 4.79. The van der Waals surface area contributed by atoms with Crippen LogP contribution in [0.1, 0.15) is 27.8 Å². The van der Waals surface area contributed by atoms with Crippen molar-refractivity contribution in [3.05, 3.63) is 113 Å². The topological polar surface area (TPSA) is 65.3 Å². The average Bonchev–Trinajstić information content (AvgIpc) is 3.89. The Balaban J connectivity index is 1.19. The Morgan fingerprint density at radius 3 is 1.64 bits per heavy atom. The third-order valence-electron chi connectivity index (χ3n) is 8.62. The minimum Gasteiger partial charge on any atom is -0.490 e. The number of hydrogen-bond acceptors (Lipinski definition) is 6. The predicted molar refractivity (Wildman–Crippen MR) is 170 cm³/mol. The molecule has 0 aliphatic carbocycles. The van der Waals surface area contributed by atoms with Crippen LogP contribution in [0.15, 0.2) is 84.9 Å². The summed E-state index contributed by atoms with van der Waals surface area (Å²) in [6, 6.07) is 30.1. The van der Waals surface area contributed by atoms with Crippen LogP contribution >= 0.6 is 0 Å². The van der Waals surface area contributed by atoms with Crippen molar-refractivity contribution in [2.45, 2.75) is 38.1 Å². The molecule has 3 unspecified atom stereocenters. The molecule has 6 nitrogen and oxygen atoms in total. The van der Waals surface area contributed by atoms with Gasteiger partial charge in [-0.05, 0) is 57.3 Å². The Hall–Kier alpha value is -4.10. The van der Waals surface area contributed by atoms with Gasteiger partial charge in [0.25, 0.3) is 0 Å². The number of hydrogen-bond donors (Lipinski definition) is 0. The van der Waals surface area contributed by atoms with E-state index in [1.807, 2.05) is 0 Å². The van der Waals surface area contributed by atoms with Gasteiger partial charge in [-0.2, -0.15) is 0 Å². The van der Waals surface area contributed by atoms with Crippen LogP contribution in [0.3, 0.4) is 0 Å². The van der Waals surface area contributed by atoms with Gasteiger partial charge in [0, 0.05) is 24.0 Å². The van der Waals surface area contributed by atoms with E-state index in [2.05, 4.69) is 91.9 Å². The van der Waals surface area contributed by atoms with Gasteiger partial charge in [0.2, 0.25) is 0 Å². The van der Waals surface area contributed by atoms with Crippen molar-refractivity contribution in [3.8, 4) is 17.2 Å². The molecule has 0 radical (unpaired) electrons. The number of rotatable bonds is 13. The molecule has 3 atom stereocenters. The summed E-state index contributed by atoms with van der Waals surface area (Å²) >= 11 is 0. The summed E-state index contributed by atoms with van der Waals surface area (Å²) in [5.74, 6) is 2.73. The monoisotopic (exact) mass is 588 g/mol. The van der Waals surface area contributed by atoms with Crippen LogP contribution in [-0.4, -0.2) is 58.0 Å². The van der Waals surface area contributed by atoms with Gasteiger partial charge >= 0.3 is 0 Å². The Morgan fingerprint density at radius 2 is 1.09 bits per heavy atom. The van der Waals surface area contributed by atoms with E-state index in [0.717, 1.165) is 60.2 Å². The van der Waals surface area contributed by atoms with E-state index in [0.29, 0.717) is 26.2 Å². The van der Waals surface area contributed by atoms with Crippen molar-refractivity contribution >= 4 is 21.5 Å². The average molecular weight is 589 g/mol. The summed E-state index contributed by atoms with van der Waals surface area (Å²) in [4.78, 5) is 0. The second kappa shape index (κ2) is 11.8. The molecule has 3 fully saturated rings. The lowest BCUT2D eigenvalue weighted by molar-refractivity contribution is 0.258. The molecule has 224 valence electrons. The lowest BCUT2D eigenvalue weighted by atomic mass is 9.91. The number of ether oxygens (including phenoxy) is 6. The highest BCUT2D eigenvalue weighted by Gasteiger charge is 2.27. The van der Waals surface area contributed by atoms with Crippen LogP contribution in [-0.2, 0) is 27.1 Å². The molecule has 5 aromatic carbocycles. The fourth-order valence-electron chi connectivity index (χ4n) is 6.06. The predicted octanol–water partition coefficient (Wildman–Crippen LogP) is 6.82. The van der Waals surface area contributed by atoms with Crippen LogP contribution in [0, 0.1) is 6.92 Å². The van der Waals surface area contributed by atoms with Crippen LogP contribution < -0.4 is 14.2 Å². The molecular formula is C38H36O6. The van der Waals surface area contributed by atoms with Crippen LogP contribution in [0.4, 0.5) is 0 Å². The van der Waals surface area contributed by atoms with Gasteiger partial charge in [-0.15, -0.1) is 0 Å². The molecular weight excluding hydrogens is 552 g/mol.